The van der Waals surface area contributed by atoms with Crippen LogP contribution in [0.4, 0.5) is 0 Å². The number of benzene rings is 1. The van der Waals surface area contributed by atoms with Crippen LogP contribution in [-0.4, -0.2) is 10.7 Å². The van der Waals surface area contributed by atoms with Crippen LogP contribution in [0.25, 0.3) is 0 Å². The Morgan fingerprint density at radius 2 is 1.75 bits per heavy atom. The molecule has 0 aliphatic carbocycles. The molecule has 12 heavy (non-hydrogen) atoms. The van der Waals surface area contributed by atoms with Crippen LogP contribution in [0.5, 0.6) is 0 Å². The van der Waals surface area contributed by atoms with Crippen molar-refractivity contribution < 1.29 is 36.1 Å². The Kier molecular flexibility index (Phi) is 5.10. The van der Waals surface area contributed by atoms with Gasteiger partial charge in [0.2, 0.25) is 0 Å². The maximum absolute atomic E-state index is 9.47. The first kappa shape index (κ1) is 12.2. The summed E-state index contributed by atoms with van der Waals surface area (Å²) >= 11 is 0. The quantitative estimate of drug-likeness (QED) is 0.577. The van der Waals surface area contributed by atoms with Gasteiger partial charge in [-0.15, -0.1) is 0 Å². The number of aliphatic hydroxyl groups is 1. The second-order valence-electron chi connectivity index (χ2n) is 3.47. The molecule has 0 spiro atoms. The standard InChI is InChI=1S/C10H14O.Na.H/c1-10(2,11)8-9-6-4-3-5-7-9;;/h3-7,11H,8H2,1-2H3;;/q;+1;-1. The minimum atomic E-state index is -0.596. The van der Waals surface area contributed by atoms with E-state index in [9.17, 15) is 5.11 Å². The zero-order valence-corrected chi connectivity index (χ0v) is 10.0. The summed E-state index contributed by atoms with van der Waals surface area (Å²) in [5.74, 6) is 0. The second kappa shape index (κ2) is 5.03. The van der Waals surface area contributed by atoms with Gasteiger partial charge in [-0.05, 0) is 19.4 Å². The predicted molar refractivity (Wildman–Crippen MR) is 47.6 cm³/mol. The number of rotatable bonds is 2. The summed E-state index contributed by atoms with van der Waals surface area (Å²) in [6.07, 6.45) is 0.716. The first-order valence-corrected chi connectivity index (χ1v) is 3.84. The minimum Gasteiger partial charge on any atom is -1.00 e. The van der Waals surface area contributed by atoms with Crippen molar-refractivity contribution in [1.29, 1.82) is 0 Å². The fraction of sp³-hybridized carbons (Fsp3) is 0.400. The van der Waals surface area contributed by atoms with Crippen LogP contribution in [0.15, 0.2) is 30.3 Å². The van der Waals surface area contributed by atoms with Gasteiger partial charge >= 0.3 is 29.6 Å². The van der Waals surface area contributed by atoms with E-state index in [0.29, 0.717) is 6.42 Å². The molecule has 0 unspecified atom stereocenters. The van der Waals surface area contributed by atoms with Crippen molar-refractivity contribution in [2.45, 2.75) is 25.9 Å². The van der Waals surface area contributed by atoms with Crippen LogP contribution in [0.1, 0.15) is 20.8 Å². The maximum atomic E-state index is 9.47. The molecular weight excluding hydrogens is 159 g/mol. The van der Waals surface area contributed by atoms with Crippen LogP contribution in [0, 0.1) is 0 Å². The molecule has 0 saturated heterocycles. The van der Waals surface area contributed by atoms with Crippen molar-refractivity contribution in [2.24, 2.45) is 0 Å². The monoisotopic (exact) mass is 174 g/mol. The van der Waals surface area contributed by atoms with E-state index in [2.05, 4.69) is 0 Å². The Hall–Kier alpha value is 0.180. The van der Waals surface area contributed by atoms with Crippen molar-refractivity contribution in [3.8, 4) is 0 Å². The first-order valence-electron chi connectivity index (χ1n) is 3.84. The molecule has 0 amide bonds. The van der Waals surface area contributed by atoms with E-state index in [1.165, 1.54) is 5.56 Å². The van der Waals surface area contributed by atoms with Gasteiger partial charge in [-0.25, -0.2) is 0 Å². The molecule has 0 aromatic heterocycles. The largest absolute Gasteiger partial charge is 1.00 e. The van der Waals surface area contributed by atoms with E-state index in [1.807, 2.05) is 44.2 Å². The molecule has 0 aliphatic heterocycles. The third-order valence-electron chi connectivity index (χ3n) is 1.48. The Bertz CT molecular complexity index is 218. The topological polar surface area (TPSA) is 20.2 Å². The van der Waals surface area contributed by atoms with E-state index < -0.39 is 5.60 Å². The van der Waals surface area contributed by atoms with Gasteiger partial charge in [-0.2, -0.15) is 0 Å². The van der Waals surface area contributed by atoms with E-state index in [-0.39, 0.29) is 31.0 Å². The molecule has 0 bridgehead atoms. The van der Waals surface area contributed by atoms with E-state index >= 15 is 0 Å². The molecule has 0 fully saturated rings. The molecule has 1 nitrogen and oxygen atoms in total. The van der Waals surface area contributed by atoms with Crippen molar-refractivity contribution in [2.75, 3.05) is 0 Å². The maximum Gasteiger partial charge on any atom is 1.00 e. The van der Waals surface area contributed by atoms with Gasteiger partial charge in [0.1, 0.15) is 0 Å². The van der Waals surface area contributed by atoms with Gasteiger partial charge < -0.3 is 6.53 Å². The van der Waals surface area contributed by atoms with Crippen molar-refractivity contribution in [3.63, 3.8) is 0 Å². The number of hydrogen-bond acceptors (Lipinski definition) is 1. The SMILES string of the molecule is CC(C)(O)Cc1ccccc1.[H-].[Na+]. The van der Waals surface area contributed by atoms with Crippen molar-refractivity contribution >= 4 is 0 Å². The van der Waals surface area contributed by atoms with Crippen molar-refractivity contribution in [1.82, 2.24) is 0 Å². The average Bonchev–Trinajstić information content (AvgIpc) is 1.85. The molecule has 0 aliphatic rings. The van der Waals surface area contributed by atoms with Gasteiger partial charge in [0.05, 0.1) is 5.60 Å². The zero-order chi connectivity index (χ0) is 8.32. The molecule has 2 heteroatoms. The predicted octanol–water partition coefficient (Wildman–Crippen LogP) is -0.884. The molecule has 62 valence electrons. The smallest absolute Gasteiger partial charge is 1.00 e. The summed E-state index contributed by atoms with van der Waals surface area (Å²) in [6, 6.07) is 10.0. The molecule has 0 heterocycles. The van der Waals surface area contributed by atoms with E-state index in [1.54, 1.807) is 0 Å². The second-order valence-corrected chi connectivity index (χ2v) is 3.47. The van der Waals surface area contributed by atoms with Crippen LogP contribution in [-0.2, 0) is 6.42 Å². The van der Waals surface area contributed by atoms with Crippen LogP contribution >= 0.6 is 0 Å². The fourth-order valence-corrected chi connectivity index (χ4v) is 1.10. The molecule has 1 aromatic carbocycles. The molecule has 0 saturated carbocycles. The fourth-order valence-electron chi connectivity index (χ4n) is 1.10. The Balaban J connectivity index is 0. The van der Waals surface area contributed by atoms with Crippen LogP contribution in [0.3, 0.4) is 0 Å². The molecule has 1 rings (SSSR count). The molecule has 0 atom stereocenters. The summed E-state index contributed by atoms with van der Waals surface area (Å²) in [5.41, 5.74) is 0.585. The van der Waals surface area contributed by atoms with Crippen molar-refractivity contribution in [3.05, 3.63) is 35.9 Å². The Morgan fingerprint density at radius 1 is 1.25 bits per heavy atom. The normalized spacial score (nSPS) is 10.6. The average molecular weight is 174 g/mol. The molecule has 1 aromatic rings. The van der Waals surface area contributed by atoms with Gasteiger partial charge in [0.25, 0.3) is 0 Å². The molecule has 0 radical (unpaired) electrons. The van der Waals surface area contributed by atoms with E-state index in [0.717, 1.165) is 0 Å². The van der Waals surface area contributed by atoms with Gasteiger partial charge in [-0.3, -0.25) is 0 Å². The third kappa shape index (κ3) is 4.94. The minimum absolute atomic E-state index is 0. The van der Waals surface area contributed by atoms with E-state index in [4.69, 9.17) is 0 Å². The summed E-state index contributed by atoms with van der Waals surface area (Å²) in [5, 5.41) is 9.47. The molecule has 1 N–H and O–H groups in total. The van der Waals surface area contributed by atoms with Crippen LogP contribution in [0.2, 0.25) is 0 Å². The summed E-state index contributed by atoms with van der Waals surface area (Å²) in [7, 11) is 0. The summed E-state index contributed by atoms with van der Waals surface area (Å²) in [4.78, 5) is 0. The third-order valence-corrected chi connectivity index (χ3v) is 1.48. The summed E-state index contributed by atoms with van der Waals surface area (Å²) in [6.45, 7) is 3.64. The molecular formula is C10H15NaO. The summed E-state index contributed by atoms with van der Waals surface area (Å²) < 4.78 is 0. The van der Waals surface area contributed by atoms with Gasteiger partial charge in [-0.1, -0.05) is 30.3 Å². The van der Waals surface area contributed by atoms with Crippen LogP contribution < -0.4 is 29.6 Å². The Morgan fingerprint density at radius 3 is 2.17 bits per heavy atom. The van der Waals surface area contributed by atoms with Gasteiger partial charge in [0.15, 0.2) is 0 Å². The first-order chi connectivity index (χ1) is 5.08. The Labute approximate surface area is 97.6 Å². The number of hydrogen-bond donors (Lipinski definition) is 1. The zero-order valence-electron chi connectivity index (χ0n) is 9.04. The van der Waals surface area contributed by atoms with Gasteiger partial charge in [0, 0.05) is 6.42 Å².